The van der Waals surface area contributed by atoms with E-state index in [0.717, 1.165) is 6.08 Å². The summed E-state index contributed by atoms with van der Waals surface area (Å²) >= 11 is 5.48. The van der Waals surface area contributed by atoms with Crippen molar-refractivity contribution in [3.05, 3.63) is 34.8 Å². The number of aromatic hydroxyl groups is 1. The summed E-state index contributed by atoms with van der Waals surface area (Å²) in [6, 6.07) is 3.89. The Bertz CT molecular complexity index is 362. The number of rotatable bonds is 2. The minimum atomic E-state index is -4.94. The third kappa shape index (κ3) is 3.34. The second-order valence-electron chi connectivity index (χ2n) is 2.70. The summed E-state index contributed by atoms with van der Waals surface area (Å²) in [5.74, 6) is -0.0774. The van der Waals surface area contributed by atoms with Crippen LogP contribution in [-0.2, 0) is 0 Å². The van der Waals surface area contributed by atoms with Crippen LogP contribution in [0.1, 0.15) is 5.56 Å². The average Bonchev–Trinajstić information content (AvgIpc) is 2.06. The largest absolute Gasteiger partial charge is 0.506 e. The predicted molar refractivity (Wildman–Crippen MR) is 51.2 cm³/mol. The number of hydrogen-bond acceptors (Lipinski definition) is 1. The van der Waals surface area contributed by atoms with Crippen molar-refractivity contribution in [3.63, 3.8) is 0 Å². The van der Waals surface area contributed by atoms with E-state index >= 15 is 0 Å². The highest BCUT2D eigenvalue weighted by Crippen LogP contribution is 2.24. The number of benzene rings is 1. The molecule has 0 aliphatic carbocycles. The summed E-state index contributed by atoms with van der Waals surface area (Å²) in [5, 5.41) is 9.20. The second-order valence-corrected chi connectivity index (χ2v) is 3.10. The van der Waals surface area contributed by atoms with E-state index in [-0.39, 0.29) is 22.3 Å². The zero-order valence-corrected chi connectivity index (χ0v) is 7.68. The number of phenols is 1. The molecular weight excluding hydrogens is 215 g/mol. The van der Waals surface area contributed by atoms with Crippen LogP contribution in [0, 0.1) is 0 Å². The van der Waals surface area contributed by atoms with Gasteiger partial charge in [-0.2, -0.15) is 0 Å². The highest BCUT2D eigenvalue weighted by molar-refractivity contribution is 6.64. The Morgan fingerprint density at radius 3 is 2.43 bits per heavy atom. The topological polar surface area (TPSA) is 20.2 Å². The molecule has 1 aromatic carbocycles. The van der Waals surface area contributed by atoms with E-state index in [0.29, 0.717) is 0 Å². The molecule has 0 heterocycles. The molecular formula is C8H6BClF3O-. The SMILES string of the molecule is Oc1cc(/C=C/[B-](F)(F)F)ccc1Cl. The van der Waals surface area contributed by atoms with Gasteiger partial charge in [-0.3, -0.25) is 0 Å². The van der Waals surface area contributed by atoms with Crippen LogP contribution in [0.2, 0.25) is 5.02 Å². The van der Waals surface area contributed by atoms with Gasteiger partial charge in [0.15, 0.2) is 0 Å². The van der Waals surface area contributed by atoms with E-state index in [1.54, 1.807) is 0 Å². The predicted octanol–water partition coefficient (Wildman–Crippen LogP) is 3.45. The number of phenolic OH excluding ortho intramolecular Hbond substituents is 1. The molecule has 0 radical (unpaired) electrons. The van der Waals surface area contributed by atoms with Crippen LogP contribution in [0.5, 0.6) is 5.75 Å². The molecule has 6 heteroatoms. The third-order valence-electron chi connectivity index (χ3n) is 1.48. The zero-order chi connectivity index (χ0) is 10.8. The molecule has 1 N–H and O–H groups in total. The van der Waals surface area contributed by atoms with Gasteiger partial charge in [0.05, 0.1) is 5.02 Å². The minimum absolute atomic E-state index is 0.111. The maximum atomic E-state index is 11.8. The maximum absolute atomic E-state index is 11.8. The van der Waals surface area contributed by atoms with Gasteiger partial charge in [-0.25, -0.2) is 0 Å². The number of halogens is 4. The lowest BCUT2D eigenvalue weighted by molar-refractivity contribution is 0.475. The van der Waals surface area contributed by atoms with Gasteiger partial charge in [0.25, 0.3) is 0 Å². The average molecular weight is 221 g/mol. The first-order chi connectivity index (χ1) is 6.38. The minimum Gasteiger partial charge on any atom is -0.506 e. The van der Waals surface area contributed by atoms with Crippen LogP contribution in [0.4, 0.5) is 12.9 Å². The van der Waals surface area contributed by atoms with Gasteiger partial charge < -0.3 is 18.1 Å². The second kappa shape index (κ2) is 3.96. The summed E-state index contributed by atoms with van der Waals surface area (Å²) in [7, 11) is 0. The summed E-state index contributed by atoms with van der Waals surface area (Å²) < 4.78 is 35.4. The lowest BCUT2D eigenvalue weighted by Crippen LogP contribution is -2.09. The fourth-order valence-electron chi connectivity index (χ4n) is 0.854. The highest BCUT2D eigenvalue weighted by atomic mass is 35.5. The first-order valence-corrected chi connectivity index (χ1v) is 4.14. The van der Waals surface area contributed by atoms with E-state index < -0.39 is 6.98 Å². The Balaban J connectivity index is 2.89. The van der Waals surface area contributed by atoms with E-state index in [2.05, 4.69) is 0 Å². The molecule has 0 aromatic heterocycles. The monoisotopic (exact) mass is 221 g/mol. The molecule has 0 saturated heterocycles. The quantitative estimate of drug-likeness (QED) is 0.758. The Labute approximate surface area is 83.9 Å². The lowest BCUT2D eigenvalue weighted by atomic mass is 9.90. The molecule has 1 aromatic rings. The molecule has 0 atom stereocenters. The van der Waals surface area contributed by atoms with Crippen LogP contribution in [-0.4, -0.2) is 12.1 Å². The van der Waals surface area contributed by atoms with Crippen LogP contribution in [0.15, 0.2) is 24.2 Å². The van der Waals surface area contributed by atoms with Crippen molar-refractivity contribution in [1.82, 2.24) is 0 Å². The van der Waals surface area contributed by atoms with Crippen LogP contribution >= 0.6 is 11.6 Å². The van der Waals surface area contributed by atoms with Gasteiger partial charge >= 0.3 is 6.98 Å². The van der Waals surface area contributed by atoms with Crippen molar-refractivity contribution in [2.75, 3.05) is 0 Å². The van der Waals surface area contributed by atoms with E-state index in [1.165, 1.54) is 18.2 Å². The molecule has 1 nitrogen and oxygen atoms in total. The van der Waals surface area contributed by atoms with Gasteiger partial charge in [-0.15, -0.1) is 5.98 Å². The van der Waals surface area contributed by atoms with E-state index in [4.69, 9.17) is 16.7 Å². The Morgan fingerprint density at radius 1 is 1.29 bits per heavy atom. The van der Waals surface area contributed by atoms with Gasteiger partial charge in [-0.05, 0) is 17.7 Å². The van der Waals surface area contributed by atoms with Crippen LogP contribution < -0.4 is 0 Å². The molecule has 0 aliphatic rings. The Kier molecular flexibility index (Phi) is 3.11. The molecule has 0 amide bonds. The molecule has 0 saturated carbocycles. The standard InChI is InChI=1S/C8H6BClF3O/c10-7-2-1-6(5-8(7)14)3-4-9(11,12)13/h1-5,14H/q-1/b4-3+. The van der Waals surface area contributed by atoms with Crippen molar-refractivity contribution in [3.8, 4) is 5.75 Å². The van der Waals surface area contributed by atoms with Gasteiger partial charge in [0, 0.05) is 0 Å². The molecule has 0 fully saturated rings. The van der Waals surface area contributed by atoms with Crippen LogP contribution in [0.25, 0.3) is 6.08 Å². The molecule has 0 unspecified atom stereocenters. The van der Waals surface area contributed by atoms with Crippen molar-refractivity contribution in [2.24, 2.45) is 0 Å². The fourth-order valence-corrected chi connectivity index (χ4v) is 0.971. The lowest BCUT2D eigenvalue weighted by Gasteiger charge is -2.06. The van der Waals surface area contributed by atoms with Gasteiger partial charge in [-0.1, -0.05) is 23.7 Å². The fraction of sp³-hybridized carbons (Fsp3) is 0. The normalized spacial score (nSPS) is 12.3. The maximum Gasteiger partial charge on any atom is 0.502 e. The van der Waals surface area contributed by atoms with E-state index in [1.807, 2.05) is 0 Å². The molecule has 14 heavy (non-hydrogen) atoms. The van der Waals surface area contributed by atoms with Gasteiger partial charge in [0.1, 0.15) is 5.75 Å². The summed E-state index contributed by atoms with van der Waals surface area (Å²) in [6.07, 6.45) is 0.885. The molecule has 0 bridgehead atoms. The first kappa shape index (κ1) is 11.0. The first-order valence-electron chi connectivity index (χ1n) is 3.76. The van der Waals surface area contributed by atoms with E-state index in [9.17, 15) is 12.9 Å². The highest BCUT2D eigenvalue weighted by Gasteiger charge is 2.16. The van der Waals surface area contributed by atoms with Crippen molar-refractivity contribution < 1.29 is 18.1 Å². The van der Waals surface area contributed by atoms with Crippen molar-refractivity contribution in [2.45, 2.75) is 0 Å². The molecule has 0 spiro atoms. The Hall–Kier alpha value is -1.10. The van der Waals surface area contributed by atoms with Gasteiger partial charge in [0.2, 0.25) is 0 Å². The number of hydrogen-bond donors (Lipinski definition) is 1. The molecule has 0 aliphatic heterocycles. The summed E-state index contributed by atoms with van der Waals surface area (Å²) in [5.41, 5.74) is 0.256. The molecule has 1 rings (SSSR count). The Morgan fingerprint density at radius 2 is 1.93 bits per heavy atom. The summed E-state index contributed by atoms with van der Waals surface area (Å²) in [6.45, 7) is -4.94. The van der Waals surface area contributed by atoms with Crippen molar-refractivity contribution >= 4 is 24.7 Å². The summed E-state index contributed by atoms with van der Waals surface area (Å²) in [4.78, 5) is 0. The smallest absolute Gasteiger partial charge is 0.502 e. The molecule has 76 valence electrons. The third-order valence-corrected chi connectivity index (χ3v) is 1.80. The zero-order valence-electron chi connectivity index (χ0n) is 6.92. The van der Waals surface area contributed by atoms with Crippen LogP contribution in [0.3, 0.4) is 0 Å². The van der Waals surface area contributed by atoms with Crippen molar-refractivity contribution in [1.29, 1.82) is 0 Å².